The Hall–Kier alpha value is -2.33. The molecule has 1 heterocycles. The summed E-state index contributed by atoms with van der Waals surface area (Å²) >= 11 is 18.3. The second-order valence-electron chi connectivity index (χ2n) is 5.91. The van der Waals surface area contributed by atoms with Gasteiger partial charge in [-0.3, -0.25) is 0 Å². The standard InChI is InChI=1S/C21H13Cl3N2O/c22-14-7-5-13(6-8-14)12-27-21-17-3-1-2-4-19(17)25-20(26-21)16-10-9-15(23)11-18(16)24/h1-11H,12H2. The summed E-state index contributed by atoms with van der Waals surface area (Å²) in [5, 5.41) is 2.57. The second kappa shape index (κ2) is 7.73. The lowest BCUT2D eigenvalue weighted by Crippen LogP contribution is -2.01. The number of hydrogen-bond donors (Lipinski definition) is 0. The van der Waals surface area contributed by atoms with E-state index in [4.69, 9.17) is 39.5 Å². The lowest BCUT2D eigenvalue weighted by atomic mass is 10.2. The molecule has 0 radical (unpaired) electrons. The molecule has 3 nitrogen and oxygen atoms in total. The van der Waals surface area contributed by atoms with E-state index < -0.39 is 0 Å². The van der Waals surface area contributed by atoms with Crippen molar-refractivity contribution in [3.05, 3.63) is 87.4 Å². The number of ether oxygens (including phenoxy) is 1. The molecule has 3 aromatic carbocycles. The Kier molecular flexibility index (Phi) is 5.17. The Morgan fingerprint density at radius 3 is 2.30 bits per heavy atom. The quantitative estimate of drug-likeness (QED) is 0.366. The largest absolute Gasteiger partial charge is 0.472 e. The van der Waals surface area contributed by atoms with Gasteiger partial charge in [0.2, 0.25) is 5.88 Å². The maximum Gasteiger partial charge on any atom is 0.225 e. The molecule has 0 N–H and O–H groups in total. The van der Waals surface area contributed by atoms with Crippen LogP contribution in [0.5, 0.6) is 5.88 Å². The Labute approximate surface area is 171 Å². The molecule has 0 fully saturated rings. The van der Waals surface area contributed by atoms with Crippen molar-refractivity contribution < 1.29 is 4.74 Å². The lowest BCUT2D eigenvalue weighted by Gasteiger charge is -2.11. The van der Waals surface area contributed by atoms with Crippen LogP contribution in [0.1, 0.15) is 5.56 Å². The van der Waals surface area contributed by atoms with E-state index in [-0.39, 0.29) is 0 Å². The summed E-state index contributed by atoms with van der Waals surface area (Å²) in [6.07, 6.45) is 0. The van der Waals surface area contributed by atoms with Gasteiger partial charge in [0, 0.05) is 15.6 Å². The summed E-state index contributed by atoms with van der Waals surface area (Å²) < 4.78 is 6.01. The molecule has 0 aliphatic heterocycles. The van der Waals surface area contributed by atoms with Gasteiger partial charge in [0.05, 0.1) is 15.9 Å². The number of para-hydroxylation sites is 1. The van der Waals surface area contributed by atoms with Crippen molar-refractivity contribution in [3.8, 4) is 17.3 Å². The van der Waals surface area contributed by atoms with Gasteiger partial charge in [-0.2, -0.15) is 4.98 Å². The Morgan fingerprint density at radius 2 is 1.52 bits per heavy atom. The van der Waals surface area contributed by atoms with Gasteiger partial charge in [-0.15, -0.1) is 0 Å². The van der Waals surface area contributed by atoms with Gasteiger partial charge in [0.25, 0.3) is 0 Å². The van der Waals surface area contributed by atoms with Crippen LogP contribution in [0.3, 0.4) is 0 Å². The molecule has 0 aliphatic carbocycles. The summed E-state index contributed by atoms with van der Waals surface area (Å²) in [6.45, 7) is 0.367. The summed E-state index contributed by atoms with van der Waals surface area (Å²) in [5.74, 6) is 0.984. The first kappa shape index (κ1) is 18.1. The third kappa shape index (κ3) is 4.01. The van der Waals surface area contributed by atoms with Gasteiger partial charge in [0.15, 0.2) is 5.82 Å². The highest BCUT2D eigenvalue weighted by Crippen LogP contribution is 2.32. The molecule has 27 heavy (non-hydrogen) atoms. The molecular weight excluding hydrogens is 403 g/mol. The van der Waals surface area contributed by atoms with E-state index in [0.29, 0.717) is 38.9 Å². The van der Waals surface area contributed by atoms with Crippen LogP contribution in [0.2, 0.25) is 15.1 Å². The number of hydrogen-bond acceptors (Lipinski definition) is 3. The molecule has 0 bridgehead atoms. The molecule has 0 spiro atoms. The maximum absolute atomic E-state index is 6.34. The lowest BCUT2D eigenvalue weighted by molar-refractivity contribution is 0.298. The SMILES string of the molecule is Clc1ccc(COc2nc(-c3ccc(Cl)cc3Cl)nc3ccccc23)cc1. The third-order valence-corrected chi connectivity index (χ3v) is 4.83. The van der Waals surface area contributed by atoms with Gasteiger partial charge in [0.1, 0.15) is 6.61 Å². The molecule has 0 saturated heterocycles. The Balaban J connectivity index is 1.75. The van der Waals surface area contributed by atoms with Crippen molar-refractivity contribution in [2.24, 2.45) is 0 Å². The monoisotopic (exact) mass is 414 g/mol. The number of nitrogens with zero attached hydrogens (tertiary/aromatic N) is 2. The summed E-state index contributed by atoms with van der Waals surface area (Å²) in [6, 6.07) is 20.4. The fraction of sp³-hybridized carbons (Fsp3) is 0.0476. The van der Waals surface area contributed by atoms with Crippen molar-refractivity contribution >= 4 is 45.7 Å². The highest BCUT2D eigenvalue weighted by atomic mass is 35.5. The van der Waals surface area contributed by atoms with Gasteiger partial charge >= 0.3 is 0 Å². The van der Waals surface area contributed by atoms with Crippen molar-refractivity contribution in [1.82, 2.24) is 9.97 Å². The Bertz CT molecular complexity index is 1110. The predicted octanol–water partition coefficient (Wildman–Crippen LogP) is 6.84. The molecule has 0 atom stereocenters. The molecule has 4 rings (SSSR count). The predicted molar refractivity (Wildman–Crippen MR) is 111 cm³/mol. The zero-order chi connectivity index (χ0) is 18.8. The molecular formula is C21H13Cl3N2O. The van der Waals surface area contributed by atoms with Crippen LogP contribution in [0.15, 0.2) is 66.7 Å². The van der Waals surface area contributed by atoms with E-state index in [9.17, 15) is 0 Å². The highest BCUT2D eigenvalue weighted by Gasteiger charge is 2.13. The number of rotatable bonds is 4. The van der Waals surface area contributed by atoms with Crippen LogP contribution < -0.4 is 4.74 Å². The van der Waals surface area contributed by atoms with Crippen molar-refractivity contribution in [2.45, 2.75) is 6.61 Å². The number of fused-ring (bicyclic) bond motifs is 1. The van der Waals surface area contributed by atoms with E-state index >= 15 is 0 Å². The fourth-order valence-corrected chi connectivity index (χ4v) is 3.30. The van der Waals surface area contributed by atoms with Crippen LogP contribution >= 0.6 is 34.8 Å². The summed E-state index contributed by atoms with van der Waals surface area (Å²) in [4.78, 5) is 9.23. The van der Waals surface area contributed by atoms with Crippen LogP contribution in [-0.2, 0) is 6.61 Å². The number of halogens is 3. The van der Waals surface area contributed by atoms with Crippen LogP contribution in [-0.4, -0.2) is 9.97 Å². The van der Waals surface area contributed by atoms with Crippen molar-refractivity contribution in [2.75, 3.05) is 0 Å². The molecule has 0 unspecified atom stereocenters. The normalized spacial score (nSPS) is 10.9. The maximum atomic E-state index is 6.34. The average Bonchev–Trinajstić information content (AvgIpc) is 2.67. The molecule has 4 aromatic rings. The van der Waals surface area contributed by atoms with E-state index in [0.717, 1.165) is 16.5 Å². The summed E-state index contributed by atoms with van der Waals surface area (Å²) in [7, 11) is 0. The molecule has 0 amide bonds. The first-order valence-electron chi connectivity index (χ1n) is 8.19. The minimum atomic E-state index is 0.367. The minimum absolute atomic E-state index is 0.367. The highest BCUT2D eigenvalue weighted by molar-refractivity contribution is 6.36. The van der Waals surface area contributed by atoms with Crippen LogP contribution in [0, 0.1) is 0 Å². The van der Waals surface area contributed by atoms with Gasteiger partial charge in [-0.1, -0.05) is 59.1 Å². The van der Waals surface area contributed by atoms with Crippen LogP contribution in [0.4, 0.5) is 0 Å². The van der Waals surface area contributed by atoms with Crippen molar-refractivity contribution in [1.29, 1.82) is 0 Å². The average molecular weight is 416 g/mol. The molecule has 0 aliphatic rings. The first-order valence-corrected chi connectivity index (χ1v) is 9.33. The number of aromatic nitrogens is 2. The zero-order valence-electron chi connectivity index (χ0n) is 14.0. The van der Waals surface area contributed by atoms with Gasteiger partial charge in [-0.25, -0.2) is 4.98 Å². The van der Waals surface area contributed by atoms with Crippen LogP contribution in [0.25, 0.3) is 22.3 Å². The smallest absolute Gasteiger partial charge is 0.225 e. The van der Waals surface area contributed by atoms with Gasteiger partial charge < -0.3 is 4.74 Å². The van der Waals surface area contributed by atoms with E-state index in [1.54, 1.807) is 18.2 Å². The number of benzene rings is 3. The molecule has 0 saturated carbocycles. The van der Waals surface area contributed by atoms with Gasteiger partial charge in [-0.05, 0) is 48.0 Å². The third-order valence-electron chi connectivity index (χ3n) is 4.03. The summed E-state index contributed by atoms with van der Waals surface area (Å²) in [5.41, 5.74) is 2.47. The molecule has 6 heteroatoms. The fourth-order valence-electron chi connectivity index (χ4n) is 2.68. The molecule has 134 valence electrons. The Morgan fingerprint density at radius 1 is 0.778 bits per heavy atom. The van der Waals surface area contributed by atoms with E-state index in [2.05, 4.69) is 9.97 Å². The van der Waals surface area contributed by atoms with E-state index in [1.165, 1.54) is 0 Å². The molecule has 1 aromatic heterocycles. The second-order valence-corrected chi connectivity index (χ2v) is 7.19. The first-order chi connectivity index (χ1) is 13.1. The minimum Gasteiger partial charge on any atom is -0.472 e. The topological polar surface area (TPSA) is 35.0 Å². The zero-order valence-corrected chi connectivity index (χ0v) is 16.3. The van der Waals surface area contributed by atoms with E-state index in [1.807, 2.05) is 48.5 Å². The van der Waals surface area contributed by atoms with Crippen molar-refractivity contribution in [3.63, 3.8) is 0 Å².